The molecule has 3 aromatic rings. The fourth-order valence-electron chi connectivity index (χ4n) is 2.86. The first-order chi connectivity index (χ1) is 14.1. The Morgan fingerprint density at radius 1 is 1.21 bits per heavy atom. The Hall–Kier alpha value is -2.74. The molecular formula is C21H25FN4O2S. The number of nitrogens with one attached hydrogen (secondary N) is 1. The van der Waals surface area contributed by atoms with Gasteiger partial charge in [0, 0.05) is 35.1 Å². The Kier molecular flexibility index (Phi) is 7.35. The van der Waals surface area contributed by atoms with E-state index in [1.54, 1.807) is 24.5 Å². The summed E-state index contributed by atoms with van der Waals surface area (Å²) in [5, 5.41) is 5.67. The first-order valence-corrected chi connectivity index (χ1v) is 10.5. The Morgan fingerprint density at radius 3 is 2.66 bits per heavy atom. The van der Waals surface area contributed by atoms with Crippen LogP contribution in [0.3, 0.4) is 0 Å². The van der Waals surface area contributed by atoms with Gasteiger partial charge in [-0.1, -0.05) is 26.7 Å². The molecule has 8 heteroatoms. The molecule has 1 atom stereocenters. The maximum atomic E-state index is 14.4. The van der Waals surface area contributed by atoms with Gasteiger partial charge in [0.05, 0.1) is 19.4 Å². The third kappa shape index (κ3) is 5.63. The molecular weight excluding hydrogens is 391 g/mol. The molecule has 0 amide bonds. The van der Waals surface area contributed by atoms with E-state index in [0.29, 0.717) is 29.4 Å². The van der Waals surface area contributed by atoms with Gasteiger partial charge in [0.15, 0.2) is 16.7 Å². The van der Waals surface area contributed by atoms with Gasteiger partial charge in [0.25, 0.3) is 0 Å². The highest BCUT2D eigenvalue weighted by molar-refractivity contribution is 7.14. The molecule has 1 aromatic carbocycles. The summed E-state index contributed by atoms with van der Waals surface area (Å²) in [7, 11) is 1.52. The highest BCUT2D eigenvalue weighted by atomic mass is 32.1. The van der Waals surface area contributed by atoms with Gasteiger partial charge in [-0.15, -0.1) is 11.3 Å². The first-order valence-electron chi connectivity index (χ1n) is 9.64. The second-order valence-electron chi connectivity index (χ2n) is 6.64. The molecule has 0 spiro atoms. The predicted octanol–water partition coefficient (Wildman–Crippen LogP) is 5.70. The van der Waals surface area contributed by atoms with Crippen molar-refractivity contribution in [2.75, 3.05) is 19.0 Å². The van der Waals surface area contributed by atoms with Crippen LogP contribution in [-0.4, -0.2) is 28.7 Å². The van der Waals surface area contributed by atoms with Crippen LogP contribution in [0.25, 0.3) is 11.3 Å². The van der Waals surface area contributed by atoms with Crippen LogP contribution in [0, 0.1) is 11.7 Å². The summed E-state index contributed by atoms with van der Waals surface area (Å²) in [6.07, 6.45) is 6.52. The van der Waals surface area contributed by atoms with Crippen LogP contribution in [0.1, 0.15) is 33.1 Å². The van der Waals surface area contributed by atoms with Gasteiger partial charge >= 0.3 is 6.01 Å². The van der Waals surface area contributed by atoms with Gasteiger partial charge in [-0.25, -0.2) is 19.3 Å². The minimum absolute atomic E-state index is 0.278. The van der Waals surface area contributed by atoms with Crippen LogP contribution < -0.4 is 14.8 Å². The van der Waals surface area contributed by atoms with Crippen molar-refractivity contribution in [3.63, 3.8) is 0 Å². The van der Waals surface area contributed by atoms with Gasteiger partial charge in [0.1, 0.15) is 0 Å². The number of aromatic nitrogens is 3. The lowest BCUT2D eigenvalue weighted by atomic mass is 10.0. The fourth-order valence-corrected chi connectivity index (χ4v) is 3.60. The van der Waals surface area contributed by atoms with Gasteiger partial charge < -0.3 is 14.8 Å². The minimum Gasteiger partial charge on any atom is -0.490 e. The Balaban J connectivity index is 1.63. The van der Waals surface area contributed by atoms with E-state index >= 15 is 0 Å². The van der Waals surface area contributed by atoms with Crippen molar-refractivity contribution < 1.29 is 13.9 Å². The lowest BCUT2D eigenvalue weighted by molar-refractivity contribution is 0.226. The van der Waals surface area contributed by atoms with Crippen molar-refractivity contribution in [1.82, 2.24) is 15.0 Å². The number of hydrogen-bond donors (Lipinski definition) is 1. The molecule has 0 saturated heterocycles. The smallest absolute Gasteiger partial charge is 0.316 e. The molecule has 154 valence electrons. The van der Waals surface area contributed by atoms with Crippen LogP contribution in [0.2, 0.25) is 0 Å². The molecule has 0 radical (unpaired) electrons. The third-order valence-electron chi connectivity index (χ3n) is 4.54. The molecule has 2 aromatic heterocycles. The molecule has 0 fully saturated rings. The van der Waals surface area contributed by atoms with E-state index in [4.69, 9.17) is 9.47 Å². The van der Waals surface area contributed by atoms with Crippen molar-refractivity contribution in [2.24, 2.45) is 5.92 Å². The Bertz CT molecular complexity index is 917. The number of hydrogen-bond acceptors (Lipinski definition) is 7. The molecule has 0 aliphatic carbocycles. The van der Waals surface area contributed by atoms with Crippen molar-refractivity contribution in [2.45, 2.75) is 33.1 Å². The zero-order chi connectivity index (χ0) is 20.6. The van der Waals surface area contributed by atoms with E-state index in [-0.39, 0.29) is 11.6 Å². The topological polar surface area (TPSA) is 69.2 Å². The Labute approximate surface area is 174 Å². The minimum atomic E-state index is -0.387. The normalized spacial score (nSPS) is 11.9. The van der Waals surface area contributed by atoms with Crippen LogP contribution in [0.15, 0.2) is 36.0 Å². The standard InChI is InChI=1S/C21H25FN4O2S/c1-4-6-14(5-2)12-28-19-8-7-16(9-17(19)22)25-21-26-18(13-29-21)15-10-23-20(27-3)24-11-15/h7-11,13-14H,4-6,12H2,1-3H3,(H,25,26). The van der Waals surface area contributed by atoms with E-state index in [9.17, 15) is 4.39 Å². The number of rotatable bonds is 10. The lowest BCUT2D eigenvalue weighted by Crippen LogP contribution is -2.11. The quantitative estimate of drug-likeness (QED) is 0.457. The van der Waals surface area contributed by atoms with E-state index in [1.807, 2.05) is 5.38 Å². The maximum Gasteiger partial charge on any atom is 0.316 e. The van der Waals surface area contributed by atoms with Crippen molar-refractivity contribution in [3.8, 4) is 23.0 Å². The number of nitrogens with zero attached hydrogens (tertiary/aromatic N) is 3. The summed E-state index contributed by atoms with van der Waals surface area (Å²) < 4.78 is 25.1. The van der Waals surface area contributed by atoms with Crippen molar-refractivity contribution in [1.29, 1.82) is 0 Å². The number of thiazole rings is 1. The van der Waals surface area contributed by atoms with Crippen LogP contribution in [-0.2, 0) is 0 Å². The number of benzene rings is 1. The van der Waals surface area contributed by atoms with E-state index in [2.05, 4.69) is 34.1 Å². The molecule has 0 aliphatic heterocycles. The maximum absolute atomic E-state index is 14.4. The summed E-state index contributed by atoms with van der Waals surface area (Å²) >= 11 is 1.42. The van der Waals surface area contributed by atoms with E-state index in [1.165, 1.54) is 24.5 Å². The number of ether oxygens (including phenoxy) is 2. The summed E-state index contributed by atoms with van der Waals surface area (Å²) in [4.78, 5) is 12.7. The van der Waals surface area contributed by atoms with Gasteiger partial charge in [-0.05, 0) is 24.5 Å². The molecule has 6 nitrogen and oxygen atoms in total. The highest BCUT2D eigenvalue weighted by Gasteiger charge is 2.11. The van der Waals surface area contributed by atoms with Crippen LogP contribution in [0.4, 0.5) is 15.2 Å². The second kappa shape index (κ2) is 10.2. The van der Waals surface area contributed by atoms with Gasteiger partial charge in [-0.3, -0.25) is 0 Å². The zero-order valence-electron chi connectivity index (χ0n) is 16.8. The van der Waals surface area contributed by atoms with E-state index in [0.717, 1.165) is 30.5 Å². The lowest BCUT2D eigenvalue weighted by Gasteiger charge is -2.15. The molecule has 1 N–H and O–H groups in total. The fraction of sp³-hybridized carbons (Fsp3) is 0.381. The Morgan fingerprint density at radius 2 is 2.00 bits per heavy atom. The van der Waals surface area contributed by atoms with E-state index < -0.39 is 0 Å². The molecule has 0 saturated carbocycles. The largest absolute Gasteiger partial charge is 0.490 e. The summed E-state index contributed by atoms with van der Waals surface area (Å²) in [5.74, 6) is 0.342. The number of methoxy groups -OCH3 is 1. The van der Waals surface area contributed by atoms with Crippen molar-refractivity contribution >= 4 is 22.2 Å². The average Bonchev–Trinajstić information content (AvgIpc) is 3.20. The molecule has 29 heavy (non-hydrogen) atoms. The van der Waals surface area contributed by atoms with Gasteiger partial charge in [0.2, 0.25) is 0 Å². The average molecular weight is 417 g/mol. The molecule has 1 unspecified atom stereocenters. The van der Waals surface area contributed by atoms with Crippen molar-refractivity contribution in [3.05, 3.63) is 41.8 Å². The van der Waals surface area contributed by atoms with Crippen LogP contribution >= 0.6 is 11.3 Å². The molecule has 0 aliphatic rings. The number of halogens is 1. The molecule has 3 rings (SSSR count). The number of anilines is 2. The first kappa shape index (κ1) is 21.0. The summed E-state index contributed by atoms with van der Waals surface area (Å²) in [5.41, 5.74) is 2.13. The SMILES string of the molecule is CCCC(CC)COc1ccc(Nc2nc(-c3cnc(OC)nc3)cs2)cc1F. The molecule has 2 heterocycles. The summed E-state index contributed by atoms with van der Waals surface area (Å²) in [6.45, 7) is 4.82. The molecule has 0 bridgehead atoms. The highest BCUT2D eigenvalue weighted by Crippen LogP contribution is 2.29. The van der Waals surface area contributed by atoms with Crippen LogP contribution in [0.5, 0.6) is 11.8 Å². The second-order valence-corrected chi connectivity index (χ2v) is 7.50. The summed E-state index contributed by atoms with van der Waals surface area (Å²) in [6, 6.07) is 5.17. The monoisotopic (exact) mass is 416 g/mol. The predicted molar refractivity (Wildman–Crippen MR) is 114 cm³/mol. The van der Waals surface area contributed by atoms with Gasteiger partial charge in [-0.2, -0.15) is 0 Å². The third-order valence-corrected chi connectivity index (χ3v) is 5.30. The zero-order valence-corrected chi connectivity index (χ0v) is 17.6.